The zero-order chi connectivity index (χ0) is 21.3. The number of benzene rings is 2. The summed E-state index contributed by atoms with van der Waals surface area (Å²) in [5.74, 6) is -0.311. The van der Waals surface area contributed by atoms with Crippen molar-refractivity contribution in [1.82, 2.24) is 14.4 Å². The molecule has 2 amide bonds. The van der Waals surface area contributed by atoms with Crippen molar-refractivity contribution in [2.45, 2.75) is 13.8 Å². The Morgan fingerprint density at radius 2 is 1.47 bits per heavy atom. The number of hydrogen-bond acceptors (Lipinski definition) is 2. The van der Waals surface area contributed by atoms with Crippen molar-refractivity contribution in [3.8, 4) is 16.9 Å². The van der Waals surface area contributed by atoms with E-state index in [0.717, 1.165) is 22.6 Å². The normalized spacial score (nSPS) is 14.1. The topological polar surface area (TPSA) is 45.6 Å². The summed E-state index contributed by atoms with van der Waals surface area (Å²) >= 11 is 0. The van der Waals surface area contributed by atoms with Crippen molar-refractivity contribution >= 4 is 11.8 Å². The fourth-order valence-electron chi connectivity index (χ4n) is 3.96. The highest BCUT2D eigenvalue weighted by Gasteiger charge is 2.27. The first-order valence-electron chi connectivity index (χ1n) is 10.0. The van der Waals surface area contributed by atoms with Gasteiger partial charge in [-0.25, -0.2) is 4.39 Å². The lowest BCUT2D eigenvalue weighted by Crippen LogP contribution is -2.50. The van der Waals surface area contributed by atoms with Gasteiger partial charge < -0.3 is 14.4 Å². The highest BCUT2D eigenvalue weighted by atomic mass is 19.1. The van der Waals surface area contributed by atoms with Crippen LogP contribution in [0.5, 0.6) is 0 Å². The Hall–Kier alpha value is -3.41. The molecule has 0 aliphatic carbocycles. The number of aromatic nitrogens is 1. The molecule has 0 N–H and O–H groups in total. The Kier molecular flexibility index (Phi) is 5.40. The summed E-state index contributed by atoms with van der Waals surface area (Å²) in [6.45, 7) is 5.60. The molecule has 0 spiro atoms. The molecule has 1 saturated heterocycles. The molecule has 0 unspecified atom stereocenters. The Bertz CT molecular complexity index is 1070. The van der Waals surface area contributed by atoms with Crippen LogP contribution in [0.4, 0.5) is 4.39 Å². The molecule has 154 valence electrons. The highest BCUT2D eigenvalue weighted by molar-refractivity contribution is 5.97. The van der Waals surface area contributed by atoms with Gasteiger partial charge in [0.1, 0.15) is 5.82 Å². The van der Waals surface area contributed by atoms with Gasteiger partial charge in [0.2, 0.25) is 5.91 Å². The molecule has 1 aromatic heterocycles. The number of halogens is 1. The number of nitrogens with zero attached hydrogens (tertiary/aromatic N) is 3. The van der Waals surface area contributed by atoms with Gasteiger partial charge in [-0.3, -0.25) is 9.59 Å². The van der Waals surface area contributed by atoms with Crippen LogP contribution in [0, 0.1) is 12.7 Å². The first-order chi connectivity index (χ1) is 14.5. The molecule has 0 saturated carbocycles. The van der Waals surface area contributed by atoms with E-state index in [1.54, 1.807) is 28.9 Å². The van der Waals surface area contributed by atoms with Gasteiger partial charge in [0, 0.05) is 44.5 Å². The quantitative estimate of drug-likeness (QED) is 0.664. The monoisotopic (exact) mass is 405 g/mol. The summed E-state index contributed by atoms with van der Waals surface area (Å²) in [6, 6.07) is 18.0. The van der Waals surface area contributed by atoms with Crippen molar-refractivity contribution in [2.75, 3.05) is 26.2 Å². The molecule has 5 nitrogen and oxygen atoms in total. The second kappa shape index (κ2) is 8.14. The number of carbonyl (C=O) groups excluding carboxylic acids is 2. The minimum absolute atomic E-state index is 0.0344. The second-order valence-corrected chi connectivity index (χ2v) is 7.50. The van der Waals surface area contributed by atoms with E-state index in [2.05, 4.69) is 0 Å². The Morgan fingerprint density at radius 3 is 2.07 bits per heavy atom. The zero-order valence-corrected chi connectivity index (χ0v) is 17.1. The molecular formula is C24H24FN3O2. The average molecular weight is 405 g/mol. The van der Waals surface area contributed by atoms with Crippen LogP contribution in [-0.4, -0.2) is 52.4 Å². The minimum Gasteiger partial charge on any atom is -0.339 e. The molecule has 4 rings (SSSR count). The van der Waals surface area contributed by atoms with Crippen molar-refractivity contribution in [1.29, 1.82) is 0 Å². The van der Waals surface area contributed by atoms with Gasteiger partial charge in [0.25, 0.3) is 5.91 Å². The largest absolute Gasteiger partial charge is 0.339 e. The van der Waals surface area contributed by atoms with Gasteiger partial charge in [-0.2, -0.15) is 0 Å². The number of amides is 2. The standard InChI is InChI=1S/C24H24FN3O2/c1-17-22(24(30)27-14-12-26(13-15-27)18(2)29)16-23(19-8-10-20(25)11-9-19)28(17)21-6-4-3-5-7-21/h3-11,16H,12-15H2,1-2H3. The second-order valence-electron chi connectivity index (χ2n) is 7.50. The summed E-state index contributed by atoms with van der Waals surface area (Å²) in [6.07, 6.45) is 0. The summed E-state index contributed by atoms with van der Waals surface area (Å²) in [4.78, 5) is 28.5. The first kappa shape index (κ1) is 19.9. The molecule has 1 fully saturated rings. The van der Waals surface area contributed by atoms with Crippen molar-refractivity contribution in [3.05, 3.63) is 77.7 Å². The van der Waals surface area contributed by atoms with Crippen LogP contribution in [-0.2, 0) is 4.79 Å². The van der Waals surface area contributed by atoms with E-state index in [1.165, 1.54) is 12.1 Å². The maximum Gasteiger partial charge on any atom is 0.255 e. The van der Waals surface area contributed by atoms with Gasteiger partial charge in [0.15, 0.2) is 0 Å². The highest BCUT2D eigenvalue weighted by Crippen LogP contribution is 2.30. The lowest BCUT2D eigenvalue weighted by molar-refractivity contribution is -0.130. The summed E-state index contributed by atoms with van der Waals surface area (Å²) in [5.41, 5.74) is 4.07. The van der Waals surface area contributed by atoms with Crippen LogP contribution >= 0.6 is 0 Å². The number of piperazine rings is 1. The van der Waals surface area contributed by atoms with Crippen LogP contribution in [0.1, 0.15) is 23.0 Å². The predicted molar refractivity (Wildman–Crippen MR) is 114 cm³/mol. The lowest BCUT2D eigenvalue weighted by Gasteiger charge is -2.34. The zero-order valence-electron chi connectivity index (χ0n) is 17.1. The number of para-hydroxylation sites is 1. The maximum atomic E-state index is 13.5. The molecule has 3 aromatic rings. The molecule has 0 radical (unpaired) electrons. The SMILES string of the molecule is CC(=O)N1CCN(C(=O)c2cc(-c3ccc(F)cc3)n(-c3ccccc3)c2C)CC1. The van der Waals surface area contributed by atoms with Crippen LogP contribution in [0.15, 0.2) is 60.7 Å². The van der Waals surface area contributed by atoms with Crippen LogP contribution in [0.25, 0.3) is 16.9 Å². The van der Waals surface area contributed by atoms with E-state index in [-0.39, 0.29) is 17.6 Å². The molecule has 0 atom stereocenters. The van der Waals surface area contributed by atoms with Gasteiger partial charge in [-0.15, -0.1) is 0 Å². The van der Waals surface area contributed by atoms with Crippen LogP contribution < -0.4 is 0 Å². The van der Waals surface area contributed by atoms with Crippen LogP contribution in [0.3, 0.4) is 0 Å². The summed E-state index contributed by atoms with van der Waals surface area (Å²) < 4.78 is 15.5. The van der Waals surface area contributed by atoms with Gasteiger partial charge in [-0.1, -0.05) is 18.2 Å². The predicted octanol–water partition coefficient (Wildman–Crippen LogP) is 3.90. The third kappa shape index (κ3) is 3.73. The molecule has 6 heteroatoms. The van der Waals surface area contributed by atoms with Crippen molar-refractivity contribution in [2.24, 2.45) is 0 Å². The van der Waals surface area contributed by atoms with E-state index in [1.807, 2.05) is 47.9 Å². The molecule has 1 aliphatic heterocycles. The van der Waals surface area contributed by atoms with Crippen molar-refractivity contribution in [3.63, 3.8) is 0 Å². The van der Waals surface area contributed by atoms with Gasteiger partial charge >= 0.3 is 0 Å². The van der Waals surface area contributed by atoms with E-state index in [0.29, 0.717) is 31.7 Å². The van der Waals surface area contributed by atoms with E-state index in [4.69, 9.17) is 0 Å². The molecular weight excluding hydrogens is 381 g/mol. The Balaban J connectivity index is 1.73. The summed E-state index contributed by atoms with van der Waals surface area (Å²) in [7, 11) is 0. The fraction of sp³-hybridized carbons (Fsp3) is 0.250. The van der Waals surface area contributed by atoms with Crippen molar-refractivity contribution < 1.29 is 14.0 Å². The third-order valence-electron chi connectivity index (χ3n) is 5.64. The molecule has 30 heavy (non-hydrogen) atoms. The number of carbonyl (C=O) groups is 2. The number of hydrogen-bond donors (Lipinski definition) is 0. The third-order valence-corrected chi connectivity index (χ3v) is 5.64. The Morgan fingerprint density at radius 1 is 0.867 bits per heavy atom. The molecule has 2 heterocycles. The van der Waals surface area contributed by atoms with E-state index in [9.17, 15) is 14.0 Å². The smallest absolute Gasteiger partial charge is 0.255 e. The summed E-state index contributed by atoms with van der Waals surface area (Å²) in [5, 5.41) is 0. The molecule has 1 aliphatic rings. The molecule has 2 aromatic carbocycles. The van der Waals surface area contributed by atoms with Gasteiger partial charge in [0.05, 0.1) is 11.3 Å². The van der Waals surface area contributed by atoms with E-state index < -0.39 is 0 Å². The van der Waals surface area contributed by atoms with Gasteiger partial charge in [-0.05, 0) is 55.0 Å². The average Bonchev–Trinajstić information content (AvgIpc) is 3.11. The Labute approximate surface area is 175 Å². The number of rotatable bonds is 3. The lowest BCUT2D eigenvalue weighted by atomic mass is 10.1. The first-order valence-corrected chi connectivity index (χ1v) is 10.0. The maximum absolute atomic E-state index is 13.5. The van der Waals surface area contributed by atoms with Crippen LogP contribution in [0.2, 0.25) is 0 Å². The molecule has 0 bridgehead atoms. The van der Waals surface area contributed by atoms with E-state index >= 15 is 0 Å². The fourth-order valence-corrected chi connectivity index (χ4v) is 3.96. The minimum atomic E-state index is -0.298.